The Kier molecular flexibility index (Phi) is 5.43. The summed E-state index contributed by atoms with van der Waals surface area (Å²) in [6, 6.07) is 8.87. The summed E-state index contributed by atoms with van der Waals surface area (Å²) in [6.45, 7) is 9.12. The summed E-state index contributed by atoms with van der Waals surface area (Å²) in [6.07, 6.45) is 0. The number of furan rings is 1. The number of rotatable bonds is 6. The standard InChI is InChI=1S/C19H29N3O2/c1-5-23-17-8-6-7-15-11-18(24-19(15)17)14(2)20-12-16-13-21(3)9-10-22(16)4/h6-8,11,14,16,20H,5,9-10,12-13H2,1-4H3/t14-,16-/m1/s1. The van der Waals surface area contributed by atoms with Crippen molar-refractivity contribution in [3.05, 3.63) is 30.0 Å². The number of likely N-dealkylation sites (N-methyl/N-ethyl adjacent to an activating group) is 2. The van der Waals surface area contributed by atoms with E-state index in [2.05, 4.69) is 48.3 Å². The van der Waals surface area contributed by atoms with Gasteiger partial charge in [0.15, 0.2) is 11.3 Å². The highest BCUT2D eigenvalue weighted by Gasteiger charge is 2.23. The van der Waals surface area contributed by atoms with Gasteiger partial charge in [-0.15, -0.1) is 0 Å². The quantitative estimate of drug-likeness (QED) is 0.881. The van der Waals surface area contributed by atoms with Crippen LogP contribution in [-0.2, 0) is 0 Å². The van der Waals surface area contributed by atoms with Gasteiger partial charge in [-0.2, -0.15) is 0 Å². The Morgan fingerprint density at radius 3 is 2.96 bits per heavy atom. The summed E-state index contributed by atoms with van der Waals surface area (Å²) >= 11 is 0. The highest BCUT2D eigenvalue weighted by atomic mass is 16.5. The highest BCUT2D eigenvalue weighted by molar-refractivity contribution is 5.83. The Morgan fingerprint density at radius 2 is 2.17 bits per heavy atom. The van der Waals surface area contributed by atoms with Crippen LogP contribution < -0.4 is 10.1 Å². The minimum Gasteiger partial charge on any atom is -0.490 e. The van der Waals surface area contributed by atoms with Gasteiger partial charge in [-0.3, -0.25) is 4.90 Å². The Balaban J connectivity index is 1.67. The minimum absolute atomic E-state index is 0.174. The lowest BCUT2D eigenvalue weighted by molar-refractivity contribution is 0.111. The van der Waals surface area contributed by atoms with Gasteiger partial charge in [0.2, 0.25) is 0 Å². The molecule has 3 rings (SSSR count). The lowest BCUT2D eigenvalue weighted by atomic mass is 10.1. The zero-order valence-corrected chi connectivity index (χ0v) is 15.2. The molecule has 1 fully saturated rings. The monoisotopic (exact) mass is 331 g/mol. The van der Waals surface area contributed by atoms with E-state index in [0.717, 1.165) is 48.7 Å². The molecule has 0 spiro atoms. The van der Waals surface area contributed by atoms with Crippen LogP contribution >= 0.6 is 0 Å². The van der Waals surface area contributed by atoms with Crippen LogP contribution in [0.3, 0.4) is 0 Å². The van der Waals surface area contributed by atoms with E-state index < -0.39 is 0 Å². The van der Waals surface area contributed by atoms with Crippen molar-refractivity contribution < 1.29 is 9.15 Å². The Labute approximate surface area is 144 Å². The van der Waals surface area contributed by atoms with Crippen LogP contribution in [0.25, 0.3) is 11.0 Å². The third-order valence-electron chi connectivity index (χ3n) is 4.89. The molecule has 1 aliphatic heterocycles. The smallest absolute Gasteiger partial charge is 0.176 e. The SMILES string of the molecule is CCOc1cccc2cc([C@@H](C)NC[C@@H]3CN(C)CCN3C)oc12. The molecule has 0 radical (unpaired) electrons. The number of nitrogens with one attached hydrogen (secondary N) is 1. The molecule has 1 aromatic heterocycles. The molecule has 5 nitrogen and oxygen atoms in total. The van der Waals surface area contributed by atoms with Gasteiger partial charge in [0.1, 0.15) is 5.76 Å². The fraction of sp³-hybridized carbons (Fsp3) is 0.579. The fourth-order valence-corrected chi connectivity index (χ4v) is 3.27. The Hall–Kier alpha value is -1.56. The highest BCUT2D eigenvalue weighted by Crippen LogP contribution is 2.31. The zero-order chi connectivity index (χ0) is 17.1. The average Bonchev–Trinajstić information content (AvgIpc) is 3.01. The minimum atomic E-state index is 0.174. The van der Waals surface area contributed by atoms with Crippen molar-refractivity contribution in [2.45, 2.75) is 25.9 Å². The topological polar surface area (TPSA) is 40.9 Å². The van der Waals surface area contributed by atoms with Crippen LogP contribution in [0.2, 0.25) is 0 Å². The van der Waals surface area contributed by atoms with E-state index in [1.165, 1.54) is 0 Å². The van der Waals surface area contributed by atoms with Gasteiger partial charge in [0.25, 0.3) is 0 Å². The molecule has 1 N–H and O–H groups in total. The predicted octanol–water partition coefficient (Wildman–Crippen LogP) is 2.73. The summed E-state index contributed by atoms with van der Waals surface area (Å²) in [5, 5.41) is 4.73. The molecule has 2 heterocycles. The summed E-state index contributed by atoms with van der Waals surface area (Å²) < 4.78 is 11.8. The summed E-state index contributed by atoms with van der Waals surface area (Å²) in [7, 11) is 4.40. The molecular weight excluding hydrogens is 302 g/mol. The lowest BCUT2D eigenvalue weighted by Gasteiger charge is -2.38. The molecule has 1 aromatic carbocycles. The molecule has 2 atom stereocenters. The largest absolute Gasteiger partial charge is 0.490 e. The number of nitrogens with zero attached hydrogens (tertiary/aromatic N) is 2. The van der Waals surface area contributed by atoms with Gasteiger partial charge < -0.3 is 19.4 Å². The number of para-hydroxylation sites is 1. The molecule has 0 bridgehead atoms. The van der Waals surface area contributed by atoms with Crippen molar-refractivity contribution in [3.63, 3.8) is 0 Å². The molecular formula is C19H29N3O2. The van der Waals surface area contributed by atoms with Crippen molar-refractivity contribution >= 4 is 11.0 Å². The normalized spacial score (nSPS) is 21.2. The van der Waals surface area contributed by atoms with Crippen LogP contribution in [0.5, 0.6) is 5.75 Å². The second kappa shape index (κ2) is 7.55. The van der Waals surface area contributed by atoms with E-state index in [9.17, 15) is 0 Å². The van der Waals surface area contributed by atoms with Crippen LogP contribution in [0.15, 0.2) is 28.7 Å². The van der Waals surface area contributed by atoms with E-state index in [1.54, 1.807) is 0 Å². The molecule has 1 aliphatic rings. The first-order chi connectivity index (χ1) is 11.6. The van der Waals surface area contributed by atoms with Crippen molar-refractivity contribution in [1.29, 1.82) is 0 Å². The van der Waals surface area contributed by atoms with E-state index in [1.807, 2.05) is 19.1 Å². The number of fused-ring (bicyclic) bond motifs is 1. The Bertz CT molecular complexity index is 670. The maximum absolute atomic E-state index is 6.09. The number of ether oxygens (including phenoxy) is 1. The van der Waals surface area contributed by atoms with E-state index >= 15 is 0 Å². The molecule has 132 valence electrons. The van der Waals surface area contributed by atoms with Gasteiger partial charge >= 0.3 is 0 Å². The van der Waals surface area contributed by atoms with E-state index in [4.69, 9.17) is 9.15 Å². The third-order valence-corrected chi connectivity index (χ3v) is 4.89. The van der Waals surface area contributed by atoms with Gasteiger partial charge in [-0.05, 0) is 40.1 Å². The van der Waals surface area contributed by atoms with Crippen LogP contribution in [0.4, 0.5) is 0 Å². The van der Waals surface area contributed by atoms with Gasteiger partial charge in [0.05, 0.1) is 12.6 Å². The number of hydrogen-bond donors (Lipinski definition) is 1. The van der Waals surface area contributed by atoms with Gasteiger partial charge in [-0.1, -0.05) is 12.1 Å². The van der Waals surface area contributed by atoms with Crippen LogP contribution in [0, 0.1) is 0 Å². The maximum atomic E-state index is 6.09. The predicted molar refractivity (Wildman–Crippen MR) is 97.7 cm³/mol. The first-order valence-corrected chi connectivity index (χ1v) is 8.86. The summed E-state index contributed by atoms with van der Waals surface area (Å²) in [5.41, 5.74) is 0.845. The van der Waals surface area contributed by atoms with Crippen molar-refractivity contribution in [3.8, 4) is 5.75 Å². The van der Waals surface area contributed by atoms with E-state index in [0.29, 0.717) is 12.6 Å². The summed E-state index contributed by atoms with van der Waals surface area (Å²) in [4.78, 5) is 4.83. The third kappa shape index (κ3) is 3.74. The van der Waals surface area contributed by atoms with Gasteiger partial charge in [-0.25, -0.2) is 0 Å². The van der Waals surface area contributed by atoms with Crippen molar-refractivity contribution in [1.82, 2.24) is 15.1 Å². The maximum Gasteiger partial charge on any atom is 0.176 e. The first kappa shape index (κ1) is 17.3. The molecule has 0 aliphatic carbocycles. The van der Waals surface area contributed by atoms with Crippen LogP contribution in [-0.4, -0.2) is 62.7 Å². The fourth-order valence-electron chi connectivity index (χ4n) is 3.27. The number of hydrogen-bond acceptors (Lipinski definition) is 5. The molecule has 1 saturated heterocycles. The molecule has 0 unspecified atom stereocenters. The van der Waals surface area contributed by atoms with E-state index in [-0.39, 0.29) is 6.04 Å². The van der Waals surface area contributed by atoms with Gasteiger partial charge in [0, 0.05) is 37.6 Å². The molecule has 5 heteroatoms. The lowest BCUT2D eigenvalue weighted by Crippen LogP contribution is -2.53. The second-order valence-electron chi connectivity index (χ2n) is 6.78. The number of piperazine rings is 1. The zero-order valence-electron chi connectivity index (χ0n) is 15.2. The van der Waals surface area contributed by atoms with Crippen molar-refractivity contribution in [2.24, 2.45) is 0 Å². The Morgan fingerprint density at radius 1 is 1.33 bits per heavy atom. The van der Waals surface area contributed by atoms with Crippen molar-refractivity contribution in [2.75, 3.05) is 46.9 Å². The molecule has 2 aromatic rings. The number of benzene rings is 1. The first-order valence-electron chi connectivity index (χ1n) is 8.86. The van der Waals surface area contributed by atoms with Crippen LogP contribution in [0.1, 0.15) is 25.6 Å². The summed E-state index contributed by atoms with van der Waals surface area (Å²) in [5.74, 6) is 1.78. The molecule has 0 saturated carbocycles. The average molecular weight is 331 g/mol. The molecule has 0 amide bonds. The molecule has 24 heavy (non-hydrogen) atoms. The second-order valence-corrected chi connectivity index (χ2v) is 6.78.